The summed E-state index contributed by atoms with van der Waals surface area (Å²) in [4.78, 5) is 37.4. The number of alkyl halides is 3. The van der Waals surface area contributed by atoms with E-state index in [9.17, 15) is 22.8 Å². The van der Waals surface area contributed by atoms with Crippen molar-refractivity contribution in [2.24, 2.45) is 5.41 Å². The molecule has 3 saturated heterocycles. The Morgan fingerprint density at radius 1 is 1.08 bits per heavy atom. The average molecular weight is 702 g/mol. The lowest BCUT2D eigenvalue weighted by Crippen LogP contribution is -2.46. The number of hydrogen-bond acceptors (Lipinski definition) is 10. The Balaban J connectivity index is 1.24. The molecule has 262 valence electrons. The Bertz CT molecular complexity index is 1680. The van der Waals surface area contributed by atoms with Crippen molar-refractivity contribution in [3.8, 4) is 17.0 Å². The molecule has 4 heterocycles. The van der Waals surface area contributed by atoms with Gasteiger partial charge in [0, 0.05) is 68.0 Å². The molecule has 0 aliphatic carbocycles. The van der Waals surface area contributed by atoms with Gasteiger partial charge in [-0.1, -0.05) is 29.8 Å². The number of nitrogens with zero attached hydrogens (tertiary/aromatic N) is 4. The minimum absolute atomic E-state index is 0.0922. The van der Waals surface area contributed by atoms with E-state index in [2.05, 4.69) is 20.6 Å². The van der Waals surface area contributed by atoms with E-state index in [4.69, 9.17) is 26.8 Å². The highest BCUT2D eigenvalue weighted by molar-refractivity contribution is 6.30. The third-order valence-corrected chi connectivity index (χ3v) is 9.68. The number of rotatable bonds is 8. The van der Waals surface area contributed by atoms with E-state index in [1.165, 1.54) is 24.3 Å². The van der Waals surface area contributed by atoms with Gasteiger partial charge in [0.1, 0.15) is 11.9 Å². The monoisotopic (exact) mass is 701 g/mol. The number of halogens is 4. The van der Waals surface area contributed by atoms with Crippen LogP contribution in [0.25, 0.3) is 11.1 Å². The van der Waals surface area contributed by atoms with Gasteiger partial charge in [-0.15, -0.1) is 0 Å². The number of nitrogens with two attached hydrogens (primary N) is 1. The topological polar surface area (TPSA) is 135 Å². The molecule has 49 heavy (non-hydrogen) atoms. The molecular formula is C34H39ClF3N7O4. The van der Waals surface area contributed by atoms with E-state index in [-0.39, 0.29) is 51.3 Å². The molecule has 15 heteroatoms. The van der Waals surface area contributed by atoms with Crippen LogP contribution < -0.4 is 26.0 Å². The van der Waals surface area contributed by atoms with Crippen LogP contribution in [-0.2, 0) is 9.53 Å². The summed E-state index contributed by atoms with van der Waals surface area (Å²) in [5.74, 6) is -0.674. The summed E-state index contributed by atoms with van der Waals surface area (Å²) >= 11 is 6.31. The number of nitrogens with one attached hydrogen (secondary N) is 2. The van der Waals surface area contributed by atoms with Crippen molar-refractivity contribution in [3.05, 3.63) is 64.7 Å². The van der Waals surface area contributed by atoms with Crippen molar-refractivity contribution in [2.45, 2.75) is 44.5 Å². The summed E-state index contributed by atoms with van der Waals surface area (Å²) in [6, 6.07) is 11.6. The van der Waals surface area contributed by atoms with Crippen LogP contribution in [0.1, 0.15) is 48.2 Å². The quantitative estimate of drug-likeness (QED) is 0.286. The predicted molar refractivity (Wildman–Crippen MR) is 178 cm³/mol. The van der Waals surface area contributed by atoms with E-state index >= 15 is 0 Å². The zero-order valence-corrected chi connectivity index (χ0v) is 27.8. The maximum absolute atomic E-state index is 14.9. The van der Waals surface area contributed by atoms with Crippen LogP contribution in [0.2, 0.25) is 5.02 Å². The maximum Gasteiger partial charge on any atom is 0.429 e. The zero-order valence-electron chi connectivity index (χ0n) is 27.1. The molecule has 2 aromatic carbocycles. The molecule has 4 N–H and O–H groups in total. The fourth-order valence-corrected chi connectivity index (χ4v) is 7.05. The van der Waals surface area contributed by atoms with Crippen molar-refractivity contribution in [1.82, 2.24) is 25.5 Å². The number of carbonyl (C=O) groups excluding carboxylic acids is 2. The zero-order chi connectivity index (χ0) is 34.8. The third kappa shape index (κ3) is 7.86. The summed E-state index contributed by atoms with van der Waals surface area (Å²) in [5, 5.41) is 6.70. The van der Waals surface area contributed by atoms with Crippen LogP contribution in [0.5, 0.6) is 5.88 Å². The molecule has 1 spiro atoms. The van der Waals surface area contributed by atoms with E-state index in [1.807, 2.05) is 4.90 Å². The number of aromatic nitrogens is 2. The number of anilines is 2. The number of amides is 1. The fourth-order valence-electron chi connectivity index (χ4n) is 6.88. The SMILES string of the molecule is CCOC(=O)[C@@H]1CC2(CCN(c3cc(O[C@H](c4ccc(Cl)cc4-c4cccc(C(=O)N5CCNCC5)c4)C(F)(F)F)nc(N)n3)CC2)CN1. The van der Waals surface area contributed by atoms with Gasteiger partial charge in [0.2, 0.25) is 17.9 Å². The van der Waals surface area contributed by atoms with Gasteiger partial charge in [0.25, 0.3) is 5.91 Å². The molecule has 3 aliphatic heterocycles. The highest BCUT2D eigenvalue weighted by Gasteiger charge is 2.46. The van der Waals surface area contributed by atoms with Crippen LogP contribution in [-0.4, -0.2) is 91.4 Å². The number of ether oxygens (including phenoxy) is 2. The van der Waals surface area contributed by atoms with Gasteiger partial charge in [-0.25, -0.2) is 0 Å². The van der Waals surface area contributed by atoms with Gasteiger partial charge in [0.15, 0.2) is 0 Å². The molecule has 0 radical (unpaired) electrons. The molecule has 1 amide bonds. The average Bonchev–Trinajstić information content (AvgIpc) is 3.50. The standard InChI is InChI=1S/C34H39ClF3N7O4/c1-2-48-31(47)26-19-33(20-41-26)8-12-44(13-9-33)27-18-28(43-32(39)42-27)49-29(34(36,37)38)24-7-6-23(35)17-25(24)21-4-3-5-22(16-21)30(46)45-14-10-40-11-15-45/h3-7,16-18,26,29,40-41H,2,8-15,19-20H2,1H3,(H2,39,42,43)/t26-,29+/m0/s1. The second-order valence-electron chi connectivity index (χ2n) is 12.7. The summed E-state index contributed by atoms with van der Waals surface area (Å²) in [6.45, 7) is 6.27. The van der Waals surface area contributed by atoms with Crippen LogP contribution in [0, 0.1) is 5.41 Å². The van der Waals surface area contributed by atoms with Crippen molar-refractivity contribution in [2.75, 3.05) is 63.1 Å². The van der Waals surface area contributed by atoms with Crippen molar-refractivity contribution < 1.29 is 32.2 Å². The van der Waals surface area contributed by atoms with E-state index in [0.29, 0.717) is 75.8 Å². The highest BCUT2D eigenvalue weighted by Crippen LogP contribution is 2.43. The molecule has 0 bridgehead atoms. The number of hydrogen-bond donors (Lipinski definition) is 3. The molecule has 0 saturated carbocycles. The minimum atomic E-state index is -4.86. The van der Waals surface area contributed by atoms with Crippen LogP contribution in [0.3, 0.4) is 0 Å². The molecule has 1 aromatic heterocycles. The fraction of sp³-hybridized carbons (Fsp3) is 0.471. The van der Waals surface area contributed by atoms with Crippen LogP contribution in [0.15, 0.2) is 48.5 Å². The second kappa shape index (κ2) is 14.4. The molecular weight excluding hydrogens is 663 g/mol. The number of esters is 1. The lowest BCUT2D eigenvalue weighted by molar-refractivity contribution is -0.198. The van der Waals surface area contributed by atoms with Gasteiger partial charge in [-0.05, 0) is 67.0 Å². The first-order valence-electron chi connectivity index (χ1n) is 16.4. The largest absolute Gasteiger partial charge is 0.465 e. The molecule has 3 fully saturated rings. The van der Waals surface area contributed by atoms with E-state index in [0.717, 1.165) is 12.8 Å². The Morgan fingerprint density at radius 2 is 1.84 bits per heavy atom. The molecule has 11 nitrogen and oxygen atoms in total. The second-order valence-corrected chi connectivity index (χ2v) is 13.1. The summed E-state index contributed by atoms with van der Waals surface area (Å²) in [5.41, 5.74) is 6.62. The first-order valence-corrected chi connectivity index (χ1v) is 16.8. The van der Waals surface area contributed by atoms with E-state index < -0.39 is 12.3 Å². The third-order valence-electron chi connectivity index (χ3n) is 9.44. The normalized spacial score (nSPS) is 19.9. The summed E-state index contributed by atoms with van der Waals surface area (Å²) < 4.78 is 55.4. The van der Waals surface area contributed by atoms with Crippen LogP contribution >= 0.6 is 11.6 Å². The Kier molecular flexibility index (Phi) is 10.2. The first kappa shape index (κ1) is 34.7. The lowest BCUT2D eigenvalue weighted by atomic mass is 9.76. The van der Waals surface area contributed by atoms with Gasteiger partial charge in [0.05, 0.1) is 6.61 Å². The maximum atomic E-state index is 14.9. The van der Waals surface area contributed by atoms with Crippen LogP contribution in [0.4, 0.5) is 24.9 Å². The number of carbonyl (C=O) groups is 2. The predicted octanol–water partition coefficient (Wildman–Crippen LogP) is 4.62. The minimum Gasteiger partial charge on any atom is -0.465 e. The number of piperazine rings is 1. The molecule has 2 atom stereocenters. The Labute approximate surface area is 287 Å². The Hall–Kier alpha value is -4.14. The molecule has 6 rings (SSSR count). The lowest BCUT2D eigenvalue weighted by Gasteiger charge is -2.39. The first-order chi connectivity index (χ1) is 23.4. The van der Waals surface area contributed by atoms with Crippen molar-refractivity contribution >= 4 is 35.2 Å². The molecule has 3 aliphatic rings. The molecule has 3 aromatic rings. The van der Waals surface area contributed by atoms with Gasteiger partial charge in [-0.2, -0.15) is 23.1 Å². The highest BCUT2D eigenvalue weighted by atomic mass is 35.5. The van der Waals surface area contributed by atoms with Gasteiger partial charge >= 0.3 is 12.1 Å². The summed E-state index contributed by atoms with van der Waals surface area (Å²) in [6.07, 6.45) is -5.16. The van der Waals surface area contributed by atoms with Gasteiger partial charge < -0.3 is 35.6 Å². The van der Waals surface area contributed by atoms with Gasteiger partial charge in [-0.3, -0.25) is 9.59 Å². The van der Waals surface area contributed by atoms with E-state index in [1.54, 1.807) is 36.1 Å². The molecule has 0 unspecified atom stereocenters. The summed E-state index contributed by atoms with van der Waals surface area (Å²) in [7, 11) is 0. The van der Waals surface area contributed by atoms with Crippen molar-refractivity contribution in [1.29, 1.82) is 0 Å². The smallest absolute Gasteiger partial charge is 0.429 e. The van der Waals surface area contributed by atoms with Crippen molar-refractivity contribution in [3.63, 3.8) is 0 Å². The number of nitrogen functional groups attached to an aromatic ring is 1. The number of piperidine rings is 1. The number of benzene rings is 2. The Morgan fingerprint density at radius 3 is 2.55 bits per heavy atom.